The van der Waals surface area contributed by atoms with Crippen molar-refractivity contribution in [3.8, 4) is 0 Å². The zero-order valence-electron chi connectivity index (χ0n) is 9.31. The molecule has 86 valence electrons. The summed E-state index contributed by atoms with van der Waals surface area (Å²) in [4.78, 5) is 23.7. The van der Waals surface area contributed by atoms with Gasteiger partial charge in [-0.05, 0) is 31.2 Å². The third-order valence-corrected chi connectivity index (χ3v) is 2.28. The van der Waals surface area contributed by atoms with Crippen molar-refractivity contribution in [3.05, 3.63) is 29.8 Å². The minimum Gasteiger partial charge on any atom is -0.351 e. The lowest BCUT2D eigenvalue weighted by atomic mass is 10.1. The Morgan fingerprint density at radius 1 is 1.25 bits per heavy atom. The van der Waals surface area contributed by atoms with E-state index in [4.69, 9.17) is 11.5 Å². The number of primary amides is 1. The number of anilines is 1. The van der Waals surface area contributed by atoms with Crippen LogP contribution in [0.1, 0.15) is 17.3 Å². The Morgan fingerprint density at radius 2 is 1.75 bits per heavy atom. The third-order valence-electron chi connectivity index (χ3n) is 2.28. The van der Waals surface area contributed by atoms with Gasteiger partial charge in [0.2, 0.25) is 0 Å². The zero-order chi connectivity index (χ0) is 12.3. The van der Waals surface area contributed by atoms with Gasteiger partial charge in [0.15, 0.2) is 5.78 Å². The lowest BCUT2D eigenvalue weighted by molar-refractivity contribution is 0.0968. The lowest BCUT2D eigenvalue weighted by Crippen LogP contribution is -2.31. The molecule has 5 nitrogen and oxygen atoms in total. The number of rotatable bonds is 3. The molecule has 0 saturated heterocycles. The van der Waals surface area contributed by atoms with Gasteiger partial charge in [-0.2, -0.15) is 0 Å². The highest BCUT2D eigenvalue weighted by Gasteiger charge is 2.11. The number of amides is 2. The summed E-state index contributed by atoms with van der Waals surface area (Å²) in [5.74, 6) is -0.131. The number of ketones is 1. The Morgan fingerprint density at radius 3 is 2.12 bits per heavy atom. The van der Waals surface area contributed by atoms with E-state index in [-0.39, 0.29) is 5.78 Å². The van der Waals surface area contributed by atoms with Gasteiger partial charge >= 0.3 is 6.03 Å². The minimum absolute atomic E-state index is 0.131. The fraction of sp³-hybridized carbons (Fsp3) is 0.273. The molecule has 1 atom stereocenters. The molecule has 0 aliphatic rings. The molecule has 0 heterocycles. The highest BCUT2D eigenvalue weighted by molar-refractivity contribution is 6.00. The molecule has 0 aliphatic carbocycles. The van der Waals surface area contributed by atoms with Crippen LogP contribution in [0.5, 0.6) is 0 Å². The van der Waals surface area contributed by atoms with E-state index in [1.165, 1.54) is 4.90 Å². The van der Waals surface area contributed by atoms with E-state index in [9.17, 15) is 9.59 Å². The van der Waals surface area contributed by atoms with Crippen LogP contribution >= 0.6 is 0 Å². The van der Waals surface area contributed by atoms with Gasteiger partial charge in [0.1, 0.15) is 0 Å². The van der Waals surface area contributed by atoms with Crippen LogP contribution in [0.15, 0.2) is 24.3 Å². The van der Waals surface area contributed by atoms with E-state index < -0.39 is 12.1 Å². The first kappa shape index (κ1) is 12.2. The molecule has 0 bridgehead atoms. The predicted molar refractivity (Wildman–Crippen MR) is 62.4 cm³/mol. The Hall–Kier alpha value is -1.88. The normalized spacial score (nSPS) is 11.9. The molecule has 0 spiro atoms. The monoisotopic (exact) mass is 221 g/mol. The SMILES string of the molecule is CC(N)C(=O)c1ccc(N(C)C(N)=O)cc1. The van der Waals surface area contributed by atoms with E-state index >= 15 is 0 Å². The Labute approximate surface area is 94.0 Å². The van der Waals surface area contributed by atoms with Crippen molar-refractivity contribution in [2.24, 2.45) is 11.5 Å². The number of urea groups is 1. The number of hydrogen-bond acceptors (Lipinski definition) is 3. The summed E-state index contributed by atoms with van der Waals surface area (Å²) < 4.78 is 0. The molecule has 0 aliphatic heterocycles. The molecule has 4 N–H and O–H groups in total. The van der Waals surface area contributed by atoms with Gasteiger partial charge in [-0.15, -0.1) is 0 Å². The van der Waals surface area contributed by atoms with Gasteiger partial charge in [0.05, 0.1) is 6.04 Å². The van der Waals surface area contributed by atoms with Crippen LogP contribution in [-0.4, -0.2) is 24.9 Å². The molecule has 16 heavy (non-hydrogen) atoms. The number of nitrogens with two attached hydrogens (primary N) is 2. The maximum absolute atomic E-state index is 11.5. The molecule has 1 rings (SSSR count). The molecule has 0 radical (unpaired) electrons. The summed E-state index contributed by atoms with van der Waals surface area (Å²) in [7, 11) is 1.56. The van der Waals surface area contributed by atoms with E-state index in [0.717, 1.165) is 0 Å². The van der Waals surface area contributed by atoms with E-state index in [2.05, 4.69) is 0 Å². The Kier molecular flexibility index (Phi) is 3.63. The van der Waals surface area contributed by atoms with Gasteiger partial charge in [-0.1, -0.05) is 0 Å². The maximum atomic E-state index is 11.5. The quantitative estimate of drug-likeness (QED) is 0.737. The van der Waals surface area contributed by atoms with Crippen LogP contribution in [-0.2, 0) is 0 Å². The standard InChI is InChI=1S/C11H15N3O2/c1-7(12)10(15)8-3-5-9(6-4-8)14(2)11(13)16/h3-7H,12H2,1-2H3,(H2,13,16). The summed E-state index contributed by atoms with van der Waals surface area (Å²) in [6.45, 7) is 1.63. The van der Waals surface area contributed by atoms with Crippen molar-refractivity contribution in [3.63, 3.8) is 0 Å². The first-order valence-corrected chi connectivity index (χ1v) is 4.86. The second kappa shape index (κ2) is 4.76. The Balaban J connectivity index is 2.91. The molecule has 5 heteroatoms. The average molecular weight is 221 g/mol. The molecular formula is C11H15N3O2. The third kappa shape index (κ3) is 2.58. The van der Waals surface area contributed by atoms with E-state index in [1.54, 1.807) is 38.2 Å². The van der Waals surface area contributed by atoms with Crippen molar-refractivity contribution in [1.29, 1.82) is 0 Å². The fourth-order valence-corrected chi connectivity index (χ4v) is 1.24. The average Bonchev–Trinajstić information content (AvgIpc) is 2.27. The number of hydrogen-bond donors (Lipinski definition) is 2. The summed E-state index contributed by atoms with van der Waals surface area (Å²) in [6.07, 6.45) is 0. The van der Waals surface area contributed by atoms with Crippen LogP contribution in [0, 0.1) is 0 Å². The molecule has 2 amide bonds. The molecule has 0 saturated carbocycles. The zero-order valence-corrected chi connectivity index (χ0v) is 9.31. The number of carbonyl (C=O) groups is 2. The van der Waals surface area contributed by atoms with Gasteiger partial charge in [0, 0.05) is 18.3 Å². The largest absolute Gasteiger partial charge is 0.351 e. The van der Waals surface area contributed by atoms with Gasteiger partial charge in [0.25, 0.3) is 0 Å². The Bertz CT molecular complexity index is 398. The van der Waals surface area contributed by atoms with Gasteiger partial charge in [-0.3, -0.25) is 9.69 Å². The number of nitrogens with zero attached hydrogens (tertiary/aromatic N) is 1. The molecule has 1 unspecified atom stereocenters. The fourth-order valence-electron chi connectivity index (χ4n) is 1.24. The second-order valence-electron chi connectivity index (χ2n) is 3.60. The highest BCUT2D eigenvalue weighted by atomic mass is 16.2. The maximum Gasteiger partial charge on any atom is 0.318 e. The van der Waals surface area contributed by atoms with E-state index in [1.807, 2.05) is 0 Å². The summed E-state index contributed by atoms with van der Waals surface area (Å²) in [5.41, 5.74) is 11.8. The van der Waals surface area contributed by atoms with E-state index in [0.29, 0.717) is 11.3 Å². The van der Waals surface area contributed by atoms with Gasteiger partial charge < -0.3 is 11.5 Å². The highest BCUT2D eigenvalue weighted by Crippen LogP contribution is 2.14. The summed E-state index contributed by atoms with van der Waals surface area (Å²) >= 11 is 0. The molecular weight excluding hydrogens is 206 g/mol. The van der Waals surface area contributed by atoms with Crippen molar-refractivity contribution >= 4 is 17.5 Å². The molecule has 0 aromatic heterocycles. The summed E-state index contributed by atoms with van der Waals surface area (Å²) in [6, 6.07) is 5.48. The smallest absolute Gasteiger partial charge is 0.318 e. The number of benzene rings is 1. The van der Waals surface area contributed by atoms with Crippen molar-refractivity contribution < 1.29 is 9.59 Å². The number of carbonyl (C=O) groups excluding carboxylic acids is 2. The molecule has 0 fully saturated rings. The first-order chi connectivity index (χ1) is 7.43. The van der Waals surface area contributed by atoms with Crippen molar-refractivity contribution in [2.45, 2.75) is 13.0 Å². The molecule has 1 aromatic rings. The van der Waals surface area contributed by atoms with Crippen LogP contribution in [0.2, 0.25) is 0 Å². The second-order valence-corrected chi connectivity index (χ2v) is 3.60. The summed E-state index contributed by atoms with van der Waals surface area (Å²) in [5, 5.41) is 0. The van der Waals surface area contributed by atoms with Crippen LogP contribution < -0.4 is 16.4 Å². The first-order valence-electron chi connectivity index (χ1n) is 4.86. The van der Waals surface area contributed by atoms with Crippen LogP contribution in [0.25, 0.3) is 0 Å². The van der Waals surface area contributed by atoms with Crippen LogP contribution in [0.4, 0.5) is 10.5 Å². The van der Waals surface area contributed by atoms with Crippen molar-refractivity contribution in [1.82, 2.24) is 0 Å². The number of Topliss-reactive ketones (excluding diaryl/α,β-unsaturated/α-hetero) is 1. The minimum atomic E-state index is -0.550. The van der Waals surface area contributed by atoms with Gasteiger partial charge in [-0.25, -0.2) is 4.79 Å². The van der Waals surface area contributed by atoms with Crippen LogP contribution in [0.3, 0.4) is 0 Å². The molecule has 1 aromatic carbocycles. The predicted octanol–water partition coefficient (Wildman–Crippen LogP) is 0.731. The van der Waals surface area contributed by atoms with Crippen molar-refractivity contribution in [2.75, 3.05) is 11.9 Å². The lowest BCUT2D eigenvalue weighted by Gasteiger charge is -2.14. The topological polar surface area (TPSA) is 89.4 Å².